The van der Waals surface area contributed by atoms with Crippen LogP contribution in [0.4, 0.5) is 0 Å². The van der Waals surface area contributed by atoms with Gasteiger partial charge in [0.2, 0.25) is 0 Å². The van der Waals surface area contributed by atoms with Crippen LogP contribution in [0.5, 0.6) is 11.5 Å². The molecular formula is C20H19Cl2N3O3S. The van der Waals surface area contributed by atoms with Crippen molar-refractivity contribution < 1.29 is 15.0 Å². The average Bonchev–Trinajstić information content (AvgIpc) is 3.03. The third kappa shape index (κ3) is 5.04. The zero-order valence-electron chi connectivity index (χ0n) is 15.8. The molecule has 1 aromatic heterocycles. The van der Waals surface area contributed by atoms with Gasteiger partial charge < -0.3 is 14.8 Å². The first-order valence-electron chi connectivity index (χ1n) is 8.83. The Kier molecular flexibility index (Phi) is 6.72. The summed E-state index contributed by atoms with van der Waals surface area (Å²) in [6.45, 7) is 4.80. The summed E-state index contributed by atoms with van der Waals surface area (Å²) in [5.41, 5.74) is 1.02. The van der Waals surface area contributed by atoms with E-state index >= 15 is 0 Å². The minimum atomic E-state index is -0.330. The van der Waals surface area contributed by atoms with E-state index in [4.69, 9.17) is 23.2 Å². The predicted molar refractivity (Wildman–Crippen MR) is 115 cm³/mol. The number of thioether (sulfide) groups is 1. The maximum Gasteiger partial charge on any atom is 0.191 e. The Morgan fingerprint density at radius 2 is 1.86 bits per heavy atom. The number of hydrogen-bond donors (Lipinski definition) is 2. The van der Waals surface area contributed by atoms with Crippen molar-refractivity contribution in [2.75, 3.05) is 5.75 Å². The van der Waals surface area contributed by atoms with E-state index < -0.39 is 0 Å². The number of phenols is 2. The van der Waals surface area contributed by atoms with E-state index in [0.29, 0.717) is 44.6 Å². The first kappa shape index (κ1) is 21.5. The average molecular weight is 452 g/mol. The maximum atomic E-state index is 12.5. The number of carbonyl (C=O) groups is 1. The van der Waals surface area contributed by atoms with Gasteiger partial charge in [-0.15, -0.1) is 10.2 Å². The molecule has 6 nitrogen and oxygen atoms in total. The molecule has 0 spiro atoms. The Labute approximate surface area is 182 Å². The smallest absolute Gasteiger partial charge is 0.191 e. The fourth-order valence-electron chi connectivity index (χ4n) is 2.71. The Balaban J connectivity index is 1.86. The molecule has 0 bridgehead atoms. The van der Waals surface area contributed by atoms with Crippen LogP contribution in [0.1, 0.15) is 24.2 Å². The second-order valence-electron chi connectivity index (χ2n) is 6.85. The Bertz CT molecular complexity index is 1050. The summed E-state index contributed by atoms with van der Waals surface area (Å²) in [5.74, 6) is 0.237. The molecule has 1 heterocycles. The van der Waals surface area contributed by atoms with Crippen LogP contribution in [0.2, 0.25) is 10.0 Å². The largest absolute Gasteiger partial charge is 0.504 e. The molecule has 0 atom stereocenters. The van der Waals surface area contributed by atoms with Crippen molar-refractivity contribution in [1.82, 2.24) is 14.8 Å². The van der Waals surface area contributed by atoms with E-state index in [1.165, 1.54) is 30.0 Å². The van der Waals surface area contributed by atoms with Gasteiger partial charge in [-0.2, -0.15) is 0 Å². The molecule has 3 rings (SSSR count). The molecule has 9 heteroatoms. The summed E-state index contributed by atoms with van der Waals surface area (Å²) >= 11 is 13.6. The molecule has 0 fully saturated rings. The van der Waals surface area contributed by atoms with Gasteiger partial charge in [0.15, 0.2) is 28.3 Å². The minimum Gasteiger partial charge on any atom is -0.504 e. The molecule has 29 heavy (non-hydrogen) atoms. The van der Waals surface area contributed by atoms with E-state index in [1.54, 1.807) is 18.2 Å². The van der Waals surface area contributed by atoms with Gasteiger partial charge in [0.05, 0.1) is 10.8 Å². The van der Waals surface area contributed by atoms with E-state index in [2.05, 4.69) is 24.0 Å². The van der Waals surface area contributed by atoms with Gasteiger partial charge in [0.1, 0.15) is 0 Å². The van der Waals surface area contributed by atoms with Crippen LogP contribution in [0, 0.1) is 5.92 Å². The molecule has 0 saturated carbocycles. The summed E-state index contributed by atoms with van der Waals surface area (Å²) in [7, 11) is 0. The summed E-state index contributed by atoms with van der Waals surface area (Å²) in [4.78, 5) is 12.5. The van der Waals surface area contributed by atoms with Crippen LogP contribution in [0.15, 0.2) is 41.6 Å². The number of aromatic hydroxyl groups is 2. The Morgan fingerprint density at radius 1 is 1.10 bits per heavy atom. The SMILES string of the molecule is CC(C)Cn1c(SCC(=O)c2ccc(O)c(O)c2)nnc1-c1ccc(Cl)cc1Cl. The fraction of sp³-hybridized carbons (Fsp3) is 0.250. The van der Waals surface area contributed by atoms with Crippen LogP contribution in [-0.2, 0) is 6.54 Å². The van der Waals surface area contributed by atoms with Crippen molar-refractivity contribution in [3.8, 4) is 22.9 Å². The Morgan fingerprint density at radius 3 is 2.52 bits per heavy atom. The van der Waals surface area contributed by atoms with Crippen LogP contribution in [0.3, 0.4) is 0 Å². The van der Waals surface area contributed by atoms with Crippen LogP contribution < -0.4 is 0 Å². The molecule has 0 unspecified atom stereocenters. The monoisotopic (exact) mass is 451 g/mol. The highest BCUT2D eigenvalue weighted by Crippen LogP contribution is 2.32. The molecule has 0 saturated heterocycles. The highest BCUT2D eigenvalue weighted by Gasteiger charge is 2.19. The molecule has 0 aliphatic carbocycles. The lowest BCUT2D eigenvalue weighted by Crippen LogP contribution is -2.09. The van der Waals surface area contributed by atoms with Gasteiger partial charge in [-0.05, 0) is 42.3 Å². The minimum absolute atomic E-state index is 0.106. The summed E-state index contributed by atoms with van der Waals surface area (Å²) in [6.07, 6.45) is 0. The standard InChI is InChI=1S/C20H19Cl2N3O3S/c1-11(2)9-25-19(14-5-4-13(21)8-15(14)22)23-24-20(25)29-10-18(28)12-3-6-16(26)17(27)7-12/h3-8,11,26-27H,9-10H2,1-2H3. The maximum absolute atomic E-state index is 12.5. The molecule has 0 aliphatic heterocycles. The van der Waals surface area contributed by atoms with Crippen molar-refractivity contribution in [2.24, 2.45) is 5.92 Å². The lowest BCUT2D eigenvalue weighted by Gasteiger charge is -2.13. The first-order valence-corrected chi connectivity index (χ1v) is 10.6. The number of aromatic nitrogens is 3. The Hall–Kier alpha value is -2.22. The molecule has 0 aliphatic rings. The van der Waals surface area contributed by atoms with Gasteiger partial charge >= 0.3 is 0 Å². The zero-order valence-corrected chi connectivity index (χ0v) is 18.1. The number of ketones is 1. The molecule has 2 N–H and O–H groups in total. The van der Waals surface area contributed by atoms with Crippen LogP contribution >= 0.6 is 35.0 Å². The number of rotatable bonds is 7. The number of Topliss-reactive ketones (excluding diaryl/α,β-unsaturated/α-hetero) is 1. The summed E-state index contributed by atoms with van der Waals surface area (Å²) in [5, 5.41) is 29.1. The van der Waals surface area contributed by atoms with Crippen molar-refractivity contribution in [3.63, 3.8) is 0 Å². The van der Waals surface area contributed by atoms with Crippen LogP contribution in [0.25, 0.3) is 11.4 Å². The second kappa shape index (κ2) is 9.07. The first-order chi connectivity index (χ1) is 13.8. The molecule has 3 aromatic rings. The number of benzene rings is 2. The molecular weight excluding hydrogens is 433 g/mol. The highest BCUT2D eigenvalue weighted by molar-refractivity contribution is 7.99. The highest BCUT2D eigenvalue weighted by atomic mass is 35.5. The van der Waals surface area contributed by atoms with Gasteiger partial charge in [-0.1, -0.05) is 48.8 Å². The van der Waals surface area contributed by atoms with E-state index in [9.17, 15) is 15.0 Å². The number of hydrogen-bond acceptors (Lipinski definition) is 6. The molecule has 2 aromatic carbocycles. The van der Waals surface area contributed by atoms with E-state index in [-0.39, 0.29) is 23.0 Å². The normalized spacial score (nSPS) is 11.2. The lowest BCUT2D eigenvalue weighted by molar-refractivity contribution is 0.102. The third-order valence-corrected chi connectivity index (χ3v) is 5.58. The van der Waals surface area contributed by atoms with Gasteiger partial charge in [-0.25, -0.2) is 0 Å². The topological polar surface area (TPSA) is 88.2 Å². The molecule has 0 amide bonds. The third-order valence-electron chi connectivity index (χ3n) is 4.07. The summed E-state index contributed by atoms with van der Waals surface area (Å²) < 4.78 is 1.94. The van der Waals surface area contributed by atoms with E-state index in [0.717, 1.165) is 0 Å². The van der Waals surface area contributed by atoms with Gasteiger partial charge in [-0.3, -0.25) is 4.79 Å². The second-order valence-corrected chi connectivity index (χ2v) is 8.64. The number of halogens is 2. The van der Waals surface area contributed by atoms with E-state index in [1.807, 2.05) is 4.57 Å². The number of phenolic OH excluding ortho intramolecular Hbond substituents is 2. The quantitative estimate of drug-likeness (QED) is 0.288. The predicted octanol–water partition coefficient (Wildman–Crippen LogP) is 5.29. The van der Waals surface area contributed by atoms with Crippen molar-refractivity contribution in [2.45, 2.75) is 25.5 Å². The van der Waals surface area contributed by atoms with Crippen molar-refractivity contribution in [1.29, 1.82) is 0 Å². The lowest BCUT2D eigenvalue weighted by atomic mass is 10.1. The van der Waals surface area contributed by atoms with Gasteiger partial charge in [0.25, 0.3) is 0 Å². The van der Waals surface area contributed by atoms with Crippen molar-refractivity contribution in [3.05, 3.63) is 52.0 Å². The molecule has 152 valence electrons. The van der Waals surface area contributed by atoms with Crippen molar-refractivity contribution >= 4 is 40.7 Å². The number of carbonyl (C=O) groups excluding carboxylic acids is 1. The summed E-state index contributed by atoms with van der Waals surface area (Å²) in [6, 6.07) is 9.19. The van der Waals surface area contributed by atoms with Gasteiger partial charge in [0, 0.05) is 22.7 Å². The molecule has 0 radical (unpaired) electrons. The zero-order chi connectivity index (χ0) is 21.1. The van der Waals surface area contributed by atoms with Crippen LogP contribution in [-0.4, -0.2) is 36.5 Å². The number of nitrogens with zero attached hydrogens (tertiary/aromatic N) is 3. The fourth-order valence-corrected chi connectivity index (χ4v) is 4.04.